The van der Waals surface area contributed by atoms with Crippen molar-refractivity contribution in [1.82, 2.24) is 8.94 Å². The van der Waals surface area contributed by atoms with Gasteiger partial charge in [-0.3, -0.25) is 0 Å². The summed E-state index contributed by atoms with van der Waals surface area (Å²) in [5.74, 6) is 0. The molecular weight excluding hydrogens is 387 g/mol. The van der Waals surface area contributed by atoms with Crippen LogP contribution in [-0.4, -0.2) is 14.0 Å². The molecule has 2 aromatic carbocycles. The molecule has 0 bridgehead atoms. The van der Waals surface area contributed by atoms with Gasteiger partial charge in [0.1, 0.15) is 5.69 Å². The summed E-state index contributed by atoms with van der Waals surface area (Å²) >= 11 is 1.26. The average Bonchev–Trinajstić information content (AvgIpc) is 3.31. The second-order valence-corrected chi connectivity index (χ2v) is 7.02. The van der Waals surface area contributed by atoms with Crippen molar-refractivity contribution in [3.63, 3.8) is 0 Å². The highest BCUT2D eigenvalue weighted by molar-refractivity contribution is 7.03. The Morgan fingerprint density at radius 1 is 1.07 bits per heavy atom. The van der Waals surface area contributed by atoms with E-state index in [2.05, 4.69) is 9.69 Å². The first-order chi connectivity index (χ1) is 13.4. The standard InChI is InChI=1S/C20H16F3N3OS/c21-20(22,23)14-7-5-13(6-8-14)11-26-12-17(15-3-1-2-4-18(15)26)24-19(27)16-9-10-28-25-16/h1-10,12,19,24,27H,11H2. The number of nitrogens with zero attached hydrogens (tertiary/aromatic N) is 2. The van der Waals surface area contributed by atoms with Gasteiger partial charge in [-0.15, -0.1) is 0 Å². The number of aromatic nitrogens is 2. The number of benzene rings is 2. The maximum Gasteiger partial charge on any atom is 0.416 e. The Kier molecular flexibility index (Phi) is 4.82. The van der Waals surface area contributed by atoms with Gasteiger partial charge in [-0.1, -0.05) is 30.3 Å². The molecule has 144 valence electrons. The van der Waals surface area contributed by atoms with E-state index in [4.69, 9.17) is 0 Å². The lowest BCUT2D eigenvalue weighted by Gasteiger charge is -2.10. The molecule has 2 N–H and O–H groups in total. The highest BCUT2D eigenvalue weighted by Crippen LogP contribution is 2.31. The highest BCUT2D eigenvalue weighted by Gasteiger charge is 2.29. The number of fused-ring (bicyclic) bond motifs is 1. The predicted octanol–water partition coefficient (Wildman–Crippen LogP) is 5.27. The summed E-state index contributed by atoms with van der Waals surface area (Å²) in [5.41, 5.74) is 2.26. The zero-order valence-corrected chi connectivity index (χ0v) is 15.3. The van der Waals surface area contributed by atoms with Crippen molar-refractivity contribution in [3.8, 4) is 0 Å². The van der Waals surface area contributed by atoms with Crippen molar-refractivity contribution in [3.05, 3.63) is 83.0 Å². The van der Waals surface area contributed by atoms with E-state index in [-0.39, 0.29) is 0 Å². The van der Waals surface area contributed by atoms with E-state index in [9.17, 15) is 18.3 Å². The monoisotopic (exact) mass is 403 g/mol. The molecular formula is C20H16F3N3OS. The molecule has 0 aliphatic carbocycles. The molecule has 0 saturated heterocycles. The van der Waals surface area contributed by atoms with Crippen LogP contribution in [0.4, 0.5) is 18.9 Å². The van der Waals surface area contributed by atoms with Gasteiger partial charge in [0.15, 0.2) is 6.23 Å². The van der Waals surface area contributed by atoms with Gasteiger partial charge in [0.05, 0.1) is 16.8 Å². The number of alkyl halides is 3. The molecule has 8 heteroatoms. The molecule has 0 fully saturated rings. The fourth-order valence-electron chi connectivity index (χ4n) is 3.07. The van der Waals surface area contributed by atoms with Crippen LogP contribution in [-0.2, 0) is 12.7 Å². The van der Waals surface area contributed by atoms with Gasteiger partial charge in [0.25, 0.3) is 0 Å². The first kappa shape index (κ1) is 18.5. The molecule has 0 aliphatic heterocycles. The molecule has 1 unspecified atom stereocenters. The molecule has 2 heterocycles. The predicted molar refractivity (Wildman–Crippen MR) is 103 cm³/mol. The number of hydrogen-bond donors (Lipinski definition) is 2. The molecule has 0 saturated carbocycles. The van der Waals surface area contributed by atoms with E-state index in [0.29, 0.717) is 12.2 Å². The third kappa shape index (κ3) is 3.74. The quantitative estimate of drug-likeness (QED) is 0.447. The smallest absolute Gasteiger partial charge is 0.368 e. The number of aliphatic hydroxyl groups is 1. The van der Waals surface area contributed by atoms with Crippen LogP contribution in [0, 0.1) is 0 Å². The van der Waals surface area contributed by atoms with Gasteiger partial charge in [0.2, 0.25) is 0 Å². The second kappa shape index (κ2) is 7.29. The summed E-state index contributed by atoms with van der Waals surface area (Å²) in [5, 5.41) is 16.1. The Hall–Kier alpha value is -2.84. The maximum atomic E-state index is 12.8. The zero-order valence-electron chi connectivity index (χ0n) is 14.5. The molecule has 4 aromatic rings. The molecule has 0 amide bonds. The number of hydrogen-bond acceptors (Lipinski definition) is 4. The molecule has 0 radical (unpaired) electrons. The number of aliphatic hydroxyl groups excluding tert-OH is 1. The lowest BCUT2D eigenvalue weighted by Crippen LogP contribution is -2.09. The van der Waals surface area contributed by atoms with Crippen LogP contribution < -0.4 is 5.32 Å². The van der Waals surface area contributed by atoms with Crippen LogP contribution in [0.15, 0.2) is 66.2 Å². The summed E-state index contributed by atoms with van der Waals surface area (Å²) in [4.78, 5) is 0. The largest absolute Gasteiger partial charge is 0.416 e. The highest BCUT2D eigenvalue weighted by atomic mass is 32.1. The number of nitrogens with one attached hydrogen (secondary N) is 1. The van der Waals surface area contributed by atoms with E-state index in [1.165, 1.54) is 23.7 Å². The lowest BCUT2D eigenvalue weighted by atomic mass is 10.1. The van der Waals surface area contributed by atoms with E-state index in [0.717, 1.165) is 34.3 Å². The van der Waals surface area contributed by atoms with Crippen molar-refractivity contribution < 1.29 is 18.3 Å². The average molecular weight is 403 g/mol. The summed E-state index contributed by atoms with van der Waals surface area (Å²) in [6.45, 7) is 0.410. The van der Waals surface area contributed by atoms with Crippen molar-refractivity contribution in [2.45, 2.75) is 18.9 Å². The molecule has 1 atom stereocenters. The van der Waals surface area contributed by atoms with Gasteiger partial charge < -0.3 is 15.0 Å². The summed E-state index contributed by atoms with van der Waals surface area (Å²) in [6, 6.07) is 14.5. The third-order valence-corrected chi connectivity index (χ3v) is 5.03. The van der Waals surface area contributed by atoms with Crippen LogP contribution in [0.1, 0.15) is 23.0 Å². The molecule has 0 spiro atoms. The molecule has 4 rings (SSSR count). The van der Waals surface area contributed by atoms with Crippen LogP contribution in [0.5, 0.6) is 0 Å². The minimum atomic E-state index is -4.35. The molecule has 2 aromatic heterocycles. The zero-order chi connectivity index (χ0) is 19.7. The normalized spacial score (nSPS) is 13.0. The van der Waals surface area contributed by atoms with Gasteiger partial charge in [-0.25, -0.2) is 0 Å². The van der Waals surface area contributed by atoms with Gasteiger partial charge in [-0.2, -0.15) is 17.5 Å². The van der Waals surface area contributed by atoms with Crippen molar-refractivity contribution >= 4 is 28.1 Å². The first-order valence-corrected chi connectivity index (χ1v) is 9.34. The summed E-state index contributed by atoms with van der Waals surface area (Å²) in [7, 11) is 0. The fraction of sp³-hybridized carbons (Fsp3) is 0.150. The van der Waals surface area contributed by atoms with Crippen LogP contribution in [0.25, 0.3) is 10.9 Å². The van der Waals surface area contributed by atoms with Gasteiger partial charge >= 0.3 is 6.18 Å². The Labute approximate surface area is 163 Å². The van der Waals surface area contributed by atoms with Crippen LogP contribution in [0.3, 0.4) is 0 Å². The second-order valence-electron chi connectivity index (χ2n) is 6.35. The number of anilines is 1. The van der Waals surface area contributed by atoms with Crippen molar-refractivity contribution in [2.75, 3.05) is 5.32 Å². The van der Waals surface area contributed by atoms with E-state index in [1.54, 1.807) is 11.4 Å². The molecule has 0 aliphatic rings. The number of halogens is 3. The van der Waals surface area contributed by atoms with Crippen LogP contribution in [0.2, 0.25) is 0 Å². The molecule has 4 nitrogen and oxygen atoms in total. The minimum Gasteiger partial charge on any atom is -0.368 e. The summed E-state index contributed by atoms with van der Waals surface area (Å²) in [6.07, 6.45) is -3.45. The molecule has 28 heavy (non-hydrogen) atoms. The number of para-hydroxylation sites is 1. The fourth-order valence-corrected chi connectivity index (χ4v) is 3.62. The van der Waals surface area contributed by atoms with E-state index >= 15 is 0 Å². The summed E-state index contributed by atoms with van der Waals surface area (Å²) < 4.78 is 44.3. The SMILES string of the molecule is OC(Nc1cn(Cc2ccc(C(F)(F)F)cc2)c2ccccc12)c1ccsn1. The van der Waals surface area contributed by atoms with Crippen LogP contribution >= 0.6 is 11.5 Å². The van der Waals surface area contributed by atoms with Crippen molar-refractivity contribution in [1.29, 1.82) is 0 Å². The maximum absolute atomic E-state index is 12.8. The van der Waals surface area contributed by atoms with Crippen molar-refractivity contribution in [2.24, 2.45) is 0 Å². The first-order valence-electron chi connectivity index (χ1n) is 8.51. The third-order valence-electron chi connectivity index (χ3n) is 4.45. The van der Waals surface area contributed by atoms with E-state index < -0.39 is 18.0 Å². The lowest BCUT2D eigenvalue weighted by molar-refractivity contribution is -0.137. The van der Waals surface area contributed by atoms with Gasteiger partial charge in [-0.05, 0) is 41.4 Å². The number of rotatable bonds is 5. The van der Waals surface area contributed by atoms with Gasteiger partial charge in [0, 0.05) is 23.5 Å². The van der Waals surface area contributed by atoms with E-state index in [1.807, 2.05) is 35.0 Å². The Balaban J connectivity index is 1.63. The Morgan fingerprint density at radius 2 is 1.82 bits per heavy atom. The Morgan fingerprint density at radius 3 is 2.50 bits per heavy atom. The minimum absolute atomic E-state index is 0.410. The Bertz CT molecular complexity index is 1070. The topological polar surface area (TPSA) is 50.1 Å².